The summed E-state index contributed by atoms with van der Waals surface area (Å²) < 4.78 is 28.7. The number of aromatic nitrogens is 3. The van der Waals surface area contributed by atoms with Crippen molar-refractivity contribution < 1.29 is 13.2 Å². The lowest BCUT2D eigenvalue weighted by molar-refractivity contribution is 0.102. The highest BCUT2D eigenvalue weighted by Gasteiger charge is 2.25. The number of pyridine rings is 1. The molecule has 0 bridgehead atoms. The van der Waals surface area contributed by atoms with Gasteiger partial charge in [-0.25, -0.2) is 18.1 Å². The molecule has 1 aromatic carbocycles. The molecule has 164 valence electrons. The first-order valence-corrected chi connectivity index (χ1v) is 11.6. The smallest absolute Gasteiger partial charge is 0.255 e. The number of rotatable bonds is 7. The number of aryl methyl sites for hydroxylation is 2. The Morgan fingerprint density at radius 1 is 1.13 bits per heavy atom. The zero-order chi connectivity index (χ0) is 22.8. The number of sulfonamides is 1. The zero-order valence-corrected chi connectivity index (χ0v) is 19.3. The van der Waals surface area contributed by atoms with Crippen LogP contribution in [0, 0.1) is 13.8 Å². The van der Waals surface area contributed by atoms with Crippen LogP contribution in [0.1, 0.15) is 35.6 Å². The quantitative estimate of drug-likeness (QED) is 0.576. The number of halogens is 1. The molecule has 0 saturated carbocycles. The molecule has 0 saturated heterocycles. The summed E-state index contributed by atoms with van der Waals surface area (Å²) in [5, 5.41) is 7.18. The number of carbonyl (C=O) groups is 1. The summed E-state index contributed by atoms with van der Waals surface area (Å²) >= 11 is 6.14. The largest absolute Gasteiger partial charge is 0.321 e. The van der Waals surface area contributed by atoms with Gasteiger partial charge >= 0.3 is 0 Å². The van der Waals surface area contributed by atoms with Crippen molar-refractivity contribution in [1.29, 1.82) is 0 Å². The second kappa shape index (κ2) is 9.17. The van der Waals surface area contributed by atoms with Crippen molar-refractivity contribution >= 4 is 33.2 Å². The van der Waals surface area contributed by atoms with Gasteiger partial charge in [-0.05, 0) is 50.2 Å². The summed E-state index contributed by atoms with van der Waals surface area (Å²) in [5.41, 5.74) is 2.48. The van der Waals surface area contributed by atoms with Gasteiger partial charge in [0.2, 0.25) is 10.0 Å². The molecule has 0 atom stereocenters. The molecule has 3 aromatic rings. The van der Waals surface area contributed by atoms with Gasteiger partial charge in [-0.15, -0.1) is 0 Å². The van der Waals surface area contributed by atoms with Crippen LogP contribution in [-0.2, 0) is 10.0 Å². The van der Waals surface area contributed by atoms with Crippen LogP contribution in [0.25, 0.3) is 5.82 Å². The molecule has 0 spiro atoms. The highest BCUT2D eigenvalue weighted by Crippen LogP contribution is 2.26. The van der Waals surface area contributed by atoms with Gasteiger partial charge in [-0.3, -0.25) is 4.79 Å². The molecule has 3 rings (SSSR count). The Morgan fingerprint density at radius 2 is 1.84 bits per heavy atom. The first-order chi connectivity index (χ1) is 14.7. The Morgan fingerprint density at radius 3 is 2.39 bits per heavy atom. The lowest BCUT2D eigenvalue weighted by atomic mass is 10.2. The number of hydrogen-bond acceptors (Lipinski definition) is 5. The number of anilines is 1. The van der Waals surface area contributed by atoms with E-state index >= 15 is 0 Å². The van der Waals surface area contributed by atoms with E-state index in [1.165, 1.54) is 28.7 Å². The molecule has 0 aliphatic rings. The van der Waals surface area contributed by atoms with E-state index in [2.05, 4.69) is 15.4 Å². The Bertz CT molecular complexity index is 1200. The van der Waals surface area contributed by atoms with Crippen LogP contribution in [0.5, 0.6) is 0 Å². The van der Waals surface area contributed by atoms with Crippen LogP contribution in [0.3, 0.4) is 0 Å². The first-order valence-electron chi connectivity index (χ1n) is 9.78. The number of amides is 1. The Balaban J connectivity index is 1.83. The third-order valence-electron chi connectivity index (χ3n) is 4.75. The van der Waals surface area contributed by atoms with Crippen LogP contribution in [0.2, 0.25) is 5.02 Å². The molecule has 0 aliphatic heterocycles. The van der Waals surface area contributed by atoms with Crippen LogP contribution < -0.4 is 5.32 Å². The molecule has 1 amide bonds. The van der Waals surface area contributed by atoms with Gasteiger partial charge in [0.1, 0.15) is 4.90 Å². The van der Waals surface area contributed by atoms with Crippen LogP contribution in [-0.4, -0.2) is 46.5 Å². The molecule has 2 heterocycles. The fourth-order valence-electron chi connectivity index (χ4n) is 3.19. The molecule has 1 N–H and O–H groups in total. The number of nitrogens with one attached hydrogen (secondary N) is 1. The van der Waals surface area contributed by atoms with Gasteiger partial charge in [0, 0.05) is 24.3 Å². The second-order valence-electron chi connectivity index (χ2n) is 6.93. The molecule has 31 heavy (non-hydrogen) atoms. The Kier molecular flexibility index (Phi) is 6.78. The van der Waals surface area contributed by atoms with E-state index in [1.54, 1.807) is 30.7 Å². The number of carbonyl (C=O) groups excluding carboxylic acids is 1. The summed E-state index contributed by atoms with van der Waals surface area (Å²) in [6.45, 7) is 7.93. The standard InChI is InChI=1S/C21H24ClN5O3S/c1-5-26(6-2)31(29,30)19-12-16(7-9-18(19)22)21(28)24-17-8-10-20(23-13-17)27-15(4)11-14(3)25-27/h7-13H,5-6H2,1-4H3,(H,24,28). The van der Waals surface area contributed by atoms with Crippen molar-refractivity contribution in [2.24, 2.45) is 0 Å². The van der Waals surface area contributed by atoms with Crippen molar-refractivity contribution in [3.8, 4) is 5.82 Å². The molecule has 0 radical (unpaired) electrons. The molecular weight excluding hydrogens is 438 g/mol. The highest BCUT2D eigenvalue weighted by molar-refractivity contribution is 7.89. The average Bonchev–Trinajstić information content (AvgIpc) is 3.07. The summed E-state index contributed by atoms with van der Waals surface area (Å²) in [4.78, 5) is 17.0. The molecule has 8 nitrogen and oxygen atoms in total. The minimum atomic E-state index is -3.80. The van der Waals surface area contributed by atoms with E-state index in [9.17, 15) is 13.2 Å². The molecule has 0 unspecified atom stereocenters. The topological polar surface area (TPSA) is 97.2 Å². The third-order valence-corrected chi connectivity index (χ3v) is 7.28. The molecule has 0 aliphatic carbocycles. The molecule has 10 heteroatoms. The lowest BCUT2D eigenvalue weighted by Crippen LogP contribution is -2.31. The Hall–Kier alpha value is -2.75. The predicted octanol–water partition coefficient (Wildman–Crippen LogP) is 3.82. The first kappa shape index (κ1) is 22.9. The second-order valence-corrected chi connectivity index (χ2v) is 9.25. The van der Waals surface area contributed by atoms with E-state index in [1.807, 2.05) is 19.9 Å². The predicted molar refractivity (Wildman–Crippen MR) is 120 cm³/mol. The summed E-state index contributed by atoms with van der Waals surface area (Å²) in [6.07, 6.45) is 1.52. The van der Waals surface area contributed by atoms with Crippen molar-refractivity contribution in [3.63, 3.8) is 0 Å². The maximum atomic E-state index is 12.8. The van der Waals surface area contributed by atoms with Gasteiger partial charge in [0.15, 0.2) is 5.82 Å². The monoisotopic (exact) mass is 461 g/mol. The minimum absolute atomic E-state index is 0.0688. The summed E-state index contributed by atoms with van der Waals surface area (Å²) in [7, 11) is -3.80. The van der Waals surface area contributed by atoms with Gasteiger partial charge in [0.05, 0.1) is 22.6 Å². The van der Waals surface area contributed by atoms with Crippen molar-refractivity contribution in [2.75, 3.05) is 18.4 Å². The third kappa shape index (κ3) is 4.79. The van der Waals surface area contributed by atoms with E-state index in [-0.39, 0.29) is 15.5 Å². The van der Waals surface area contributed by atoms with E-state index in [0.717, 1.165) is 11.4 Å². The number of hydrogen-bond donors (Lipinski definition) is 1. The van der Waals surface area contributed by atoms with Crippen LogP contribution in [0.15, 0.2) is 47.5 Å². The molecule has 2 aromatic heterocycles. The lowest BCUT2D eigenvalue weighted by Gasteiger charge is -2.19. The van der Waals surface area contributed by atoms with Gasteiger partial charge in [-0.2, -0.15) is 9.40 Å². The van der Waals surface area contributed by atoms with Gasteiger partial charge < -0.3 is 5.32 Å². The SMILES string of the molecule is CCN(CC)S(=O)(=O)c1cc(C(=O)Nc2ccc(-n3nc(C)cc3C)nc2)ccc1Cl. The van der Waals surface area contributed by atoms with Crippen molar-refractivity contribution in [1.82, 2.24) is 19.1 Å². The van der Waals surface area contributed by atoms with Gasteiger partial charge in [0.25, 0.3) is 5.91 Å². The maximum Gasteiger partial charge on any atom is 0.255 e. The number of benzene rings is 1. The number of nitrogens with zero attached hydrogens (tertiary/aromatic N) is 4. The average molecular weight is 462 g/mol. The molecular formula is C21H24ClN5O3S. The van der Waals surface area contributed by atoms with E-state index in [4.69, 9.17) is 11.6 Å². The Labute approximate surface area is 186 Å². The van der Waals surface area contributed by atoms with Crippen LogP contribution in [0.4, 0.5) is 5.69 Å². The highest BCUT2D eigenvalue weighted by atomic mass is 35.5. The zero-order valence-electron chi connectivity index (χ0n) is 17.8. The minimum Gasteiger partial charge on any atom is -0.321 e. The molecule has 0 fully saturated rings. The summed E-state index contributed by atoms with van der Waals surface area (Å²) in [5.74, 6) is 0.163. The van der Waals surface area contributed by atoms with E-state index in [0.29, 0.717) is 24.6 Å². The van der Waals surface area contributed by atoms with Gasteiger partial charge in [-0.1, -0.05) is 25.4 Å². The maximum absolute atomic E-state index is 12.8. The normalized spacial score (nSPS) is 11.7. The summed E-state index contributed by atoms with van der Waals surface area (Å²) in [6, 6.07) is 9.59. The van der Waals surface area contributed by atoms with Crippen molar-refractivity contribution in [3.05, 3.63) is 64.6 Å². The fourth-order valence-corrected chi connectivity index (χ4v) is 5.15. The fraction of sp³-hybridized carbons (Fsp3) is 0.286. The van der Waals surface area contributed by atoms with E-state index < -0.39 is 15.9 Å². The van der Waals surface area contributed by atoms with Crippen LogP contribution >= 0.6 is 11.6 Å². The van der Waals surface area contributed by atoms with Crippen molar-refractivity contribution in [2.45, 2.75) is 32.6 Å².